The molecule has 6 heteroatoms. The maximum Gasteiger partial charge on any atom is 0.233 e. The molecule has 1 aromatic carbocycles. The van der Waals surface area contributed by atoms with Crippen molar-refractivity contribution in [2.24, 2.45) is 0 Å². The lowest BCUT2D eigenvalue weighted by atomic mass is 10.1. The van der Waals surface area contributed by atoms with Gasteiger partial charge in [-0.1, -0.05) is 37.3 Å². The summed E-state index contributed by atoms with van der Waals surface area (Å²) in [4.78, 5) is 12.5. The number of nitrogens with one attached hydrogen (secondary N) is 1. The highest BCUT2D eigenvalue weighted by molar-refractivity contribution is 7.85. The fraction of sp³-hybridized carbons (Fsp3) is 0.533. The van der Waals surface area contributed by atoms with E-state index in [0.29, 0.717) is 15.6 Å². The summed E-state index contributed by atoms with van der Waals surface area (Å²) >= 11 is 6.02. The number of anilines is 1. The highest BCUT2D eigenvalue weighted by atomic mass is 35.5. The van der Waals surface area contributed by atoms with Crippen molar-refractivity contribution in [1.82, 2.24) is 5.32 Å². The zero-order chi connectivity index (χ0) is 15.2. The maximum atomic E-state index is 12.2. The molecule has 1 unspecified atom stereocenters. The molecule has 4 nitrogen and oxygen atoms in total. The van der Waals surface area contributed by atoms with Gasteiger partial charge in [0.1, 0.15) is 5.75 Å². The van der Waals surface area contributed by atoms with Crippen molar-refractivity contribution in [3.63, 3.8) is 0 Å². The van der Waals surface area contributed by atoms with Crippen LogP contribution in [0.3, 0.4) is 0 Å². The SMILES string of the molecule is Nc1ccc(S(=O)CC(=O)NC2CCCCCC2)c(Cl)c1. The zero-order valence-corrected chi connectivity index (χ0v) is 13.5. The lowest BCUT2D eigenvalue weighted by Crippen LogP contribution is -2.37. The van der Waals surface area contributed by atoms with E-state index in [-0.39, 0.29) is 17.7 Å². The van der Waals surface area contributed by atoms with E-state index in [9.17, 15) is 9.00 Å². The minimum atomic E-state index is -1.44. The van der Waals surface area contributed by atoms with Crippen LogP contribution in [-0.2, 0) is 15.6 Å². The molecular weight excluding hydrogens is 308 g/mol. The van der Waals surface area contributed by atoms with Crippen LogP contribution in [-0.4, -0.2) is 21.9 Å². The van der Waals surface area contributed by atoms with Gasteiger partial charge < -0.3 is 11.1 Å². The van der Waals surface area contributed by atoms with Gasteiger partial charge in [0.2, 0.25) is 5.91 Å². The first-order valence-electron chi connectivity index (χ1n) is 7.29. The molecule has 0 spiro atoms. The Balaban J connectivity index is 1.90. The minimum absolute atomic E-state index is 0.0554. The number of carbonyl (C=O) groups is 1. The van der Waals surface area contributed by atoms with E-state index in [1.165, 1.54) is 12.8 Å². The minimum Gasteiger partial charge on any atom is -0.399 e. The van der Waals surface area contributed by atoms with Crippen molar-refractivity contribution in [3.05, 3.63) is 23.2 Å². The number of amides is 1. The summed E-state index contributed by atoms with van der Waals surface area (Å²) < 4.78 is 12.2. The number of halogens is 1. The van der Waals surface area contributed by atoms with Crippen LogP contribution < -0.4 is 11.1 Å². The first-order valence-corrected chi connectivity index (χ1v) is 8.98. The van der Waals surface area contributed by atoms with E-state index < -0.39 is 10.8 Å². The zero-order valence-electron chi connectivity index (χ0n) is 11.9. The predicted molar refractivity (Wildman–Crippen MR) is 86.8 cm³/mol. The molecule has 0 bridgehead atoms. The van der Waals surface area contributed by atoms with Crippen molar-refractivity contribution < 1.29 is 9.00 Å². The first-order chi connectivity index (χ1) is 10.1. The van der Waals surface area contributed by atoms with Crippen molar-refractivity contribution >= 4 is 34.0 Å². The molecule has 1 fully saturated rings. The van der Waals surface area contributed by atoms with E-state index in [0.717, 1.165) is 25.7 Å². The highest BCUT2D eigenvalue weighted by Gasteiger charge is 2.18. The largest absolute Gasteiger partial charge is 0.399 e. The van der Waals surface area contributed by atoms with Gasteiger partial charge in [-0.25, -0.2) is 0 Å². The Bertz CT molecular complexity index is 528. The van der Waals surface area contributed by atoms with Gasteiger partial charge >= 0.3 is 0 Å². The van der Waals surface area contributed by atoms with Gasteiger partial charge in [0, 0.05) is 11.7 Å². The number of hydrogen-bond donors (Lipinski definition) is 2. The van der Waals surface area contributed by atoms with Crippen LogP contribution in [0.4, 0.5) is 5.69 Å². The van der Waals surface area contributed by atoms with E-state index in [1.807, 2.05) is 0 Å². The van der Waals surface area contributed by atoms with Crippen LogP contribution in [0, 0.1) is 0 Å². The van der Waals surface area contributed by atoms with Gasteiger partial charge in [0.05, 0.1) is 20.7 Å². The number of rotatable bonds is 4. The van der Waals surface area contributed by atoms with Gasteiger partial charge in [0.15, 0.2) is 0 Å². The maximum absolute atomic E-state index is 12.2. The third kappa shape index (κ3) is 5.00. The lowest BCUT2D eigenvalue weighted by molar-refractivity contribution is -0.119. The van der Waals surface area contributed by atoms with Gasteiger partial charge in [-0.15, -0.1) is 0 Å². The summed E-state index contributed by atoms with van der Waals surface area (Å²) in [5, 5.41) is 3.33. The standard InChI is InChI=1S/C15H21ClN2O2S/c16-13-9-11(17)7-8-14(13)21(20)10-15(19)18-12-5-3-1-2-4-6-12/h7-9,12H,1-6,10,17H2,(H,18,19). The fourth-order valence-electron chi connectivity index (χ4n) is 2.59. The van der Waals surface area contributed by atoms with E-state index in [4.69, 9.17) is 17.3 Å². The average Bonchev–Trinajstić information content (AvgIpc) is 2.66. The number of nitrogens with two attached hydrogens (primary N) is 1. The van der Waals surface area contributed by atoms with Gasteiger partial charge in [-0.05, 0) is 31.0 Å². The van der Waals surface area contributed by atoms with Crippen LogP contribution in [0.2, 0.25) is 5.02 Å². The molecule has 0 aliphatic heterocycles. The molecule has 1 amide bonds. The normalized spacial score (nSPS) is 18.0. The highest BCUT2D eigenvalue weighted by Crippen LogP contribution is 2.22. The molecule has 1 aliphatic carbocycles. The lowest BCUT2D eigenvalue weighted by Gasteiger charge is -2.16. The Morgan fingerprint density at radius 2 is 1.95 bits per heavy atom. The topological polar surface area (TPSA) is 72.2 Å². The Morgan fingerprint density at radius 3 is 2.57 bits per heavy atom. The second-order valence-corrected chi connectivity index (χ2v) is 7.26. The molecule has 116 valence electrons. The Labute approximate surface area is 132 Å². The number of nitrogen functional groups attached to an aromatic ring is 1. The summed E-state index contributed by atoms with van der Waals surface area (Å²) in [6, 6.07) is 5.03. The molecule has 0 radical (unpaired) electrons. The summed E-state index contributed by atoms with van der Waals surface area (Å²) in [5.74, 6) is -0.228. The molecule has 2 rings (SSSR count). The summed E-state index contributed by atoms with van der Waals surface area (Å²) in [7, 11) is -1.44. The van der Waals surface area contributed by atoms with Crippen LogP contribution >= 0.6 is 11.6 Å². The number of hydrogen-bond acceptors (Lipinski definition) is 3. The third-order valence-electron chi connectivity index (χ3n) is 3.68. The average molecular weight is 329 g/mol. The summed E-state index contributed by atoms with van der Waals surface area (Å²) in [6.07, 6.45) is 6.80. The molecule has 1 aliphatic rings. The van der Waals surface area contributed by atoms with Crippen molar-refractivity contribution in [3.8, 4) is 0 Å². The molecule has 0 heterocycles. The number of benzene rings is 1. The molecular formula is C15H21ClN2O2S. The number of carbonyl (C=O) groups excluding carboxylic acids is 1. The quantitative estimate of drug-likeness (QED) is 0.659. The third-order valence-corrected chi connectivity index (χ3v) is 5.48. The van der Waals surface area contributed by atoms with E-state index in [1.54, 1.807) is 18.2 Å². The summed E-state index contributed by atoms with van der Waals surface area (Å²) in [6.45, 7) is 0. The Kier molecular flexibility index (Phi) is 6.06. The van der Waals surface area contributed by atoms with Gasteiger partial charge in [-0.2, -0.15) is 0 Å². The molecule has 1 atom stereocenters. The molecule has 3 N–H and O–H groups in total. The van der Waals surface area contributed by atoms with Crippen LogP contribution in [0.5, 0.6) is 0 Å². The van der Waals surface area contributed by atoms with Gasteiger partial charge in [-0.3, -0.25) is 9.00 Å². The predicted octanol–water partition coefficient (Wildman–Crippen LogP) is 2.87. The molecule has 1 aromatic rings. The van der Waals surface area contributed by atoms with Crippen molar-refractivity contribution in [2.45, 2.75) is 49.5 Å². The van der Waals surface area contributed by atoms with E-state index >= 15 is 0 Å². The smallest absolute Gasteiger partial charge is 0.233 e. The fourth-order valence-corrected chi connectivity index (χ4v) is 4.01. The molecule has 0 saturated heterocycles. The monoisotopic (exact) mass is 328 g/mol. The van der Waals surface area contributed by atoms with E-state index in [2.05, 4.69) is 5.32 Å². The molecule has 1 saturated carbocycles. The summed E-state index contributed by atoms with van der Waals surface area (Å²) in [5.41, 5.74) is 6.12. The Morgan fingerprint density at radius 1 is 1.29 bits per heavy atom. The van der Waals surface area contributed by atoms with Gasteiger partial charge in [0.25, 0.3) is 0 Å². The van der Waals surface area contributed by atoms with Crippen LogP contribution in [0.1, 0.15) is 38.5 Å². The van der Waals surface area contributed by atoms with Crippen molar-refractivity contribution in [1.29, 1.82) is 0 Å². The van der Waals surface area contributed by atoms with Crippen molar-refractivity contribution in [2.75, 3.05) is 11.5 Å². The molecule has 21 heavy (non-hydrogen) atoms. The van der Waals surface area contributed by atoms with Crippen LogP contribution in [0.15, 0.2) is 23.1 Å². The second kappa shape index (κ2) is 7.80. The first kappa shape index (κ1) is 16.3. The van der Waals surface area contributed by atoms with Crippen LogP contribution in [0.25, 0.3) is 0 Å². The molecule has 0 aromatic heterocycles. The second-order valence-electron chi connectivity index (χ2n) is 5.44. The Hall–Kier alpha value is -1.07.